The number of hydrogen-bond acceptors (Lipinski definition) is 6. The van der Waals surface area contributed by atoms with Crippen molar-refractivity contribution >= 4 is 22.5 Å². The highest BCUT2D eigenvalue weighted by Crippen LogP contribution is 2.34. The van der Waals surface area contributed by atoms with Crippen LogP contribution in [0.2, 0.25) is 5.02 Å². The van der Waals surface area contributed by atoms with E-state index in [0.29, 0.717) is 40.3 Å². The van der Waals surface area contributed by atoms with Crippen molar-refractivity contribution < 1.29 is 18.3 Å². The van der Waals surface area contributed by atoms with Gasteiger partial charge < -0.3 is 15.3 Å². The lowest BCUT2D eigenvalue weighted by Gasteiger charge is -2.23. The second-order valence-electron chi connectivity index (χ2n) is 10.0. The highest BCUT2D eigenvalue weighted by atomic mass is 35.5. The molecule has 204 valence electrons. The molecule has 2 N–H and O–H groups in total. The summed E-state index contributed by atoms with van der Waals surface area (Å²) >= 11 is 6.36. The maximum absolute atomic E-state index is 13.9. The summed E-state index contributed by atoms with van der Waals surface area (Å²) in [6.45, 7) is 4.01. The minimum Gasteiger partial charge on any atom is -0.508 e. The summed E-state index contributed by atoms with van der Waals surface area (Å²) in [5.74, 6) is -0.626. The average Bonchev–Trinajstić information content (AvgIpc) is 3.35. The lowest BCUT2D eigenvalue weighted by molar-refractivity contribution is -0.137. The summed E-state index contributed by atoms with van der Waals surface area (Å²) in [7, 11) is 1.96. The predicted molar refractivity (Wildman–Crippen MR) is 144 cm³/mol. The van der Waals surface area contributed by atoms with Crippen molar-refractivity contribution in [1.29, 1.82) is 0 Å². The number of nitrogens with zero attached hydrogens (tertiary/aromatic N) is 4. The number of likely N-dealkylation sites (N-methyl/N-ethyl adjacent to an activating group) is 1. The first kappa shape index (κ1) is 27.1. The number of benzene rings is 2. The standard InChI is InChI=1S/C28H27ClF3N5O2/c1-16-6-17(8-19(29)7-16)23-12-34-25-13-35-37(21-9-18(28(30,31)32)10-22(38)11-21)27(39)26(25)24(23)15-36(2)14-20-4-3-5-33-20/h6-13,20,33,38H,3-5,14-15H2,1-2H3/t20-/m0/s1. The fourth-order valence-corrected chi connectivity index (χ4v) is 5.46. The number of phenolic OH excluding ortho intramolecular Hbond substituents is 1. The van der Waals surface area contributed by atoms with Gasteiger partial charge in [0.2, 0.25) is 0 Å². The molecule has 7 nitrogen and oxygen atoms in total. The molecule has 1 saturated heterocycles. The quantitative estimate of drug-likeness (QED) is 0.334. The molecule has 4 aromatic rings. The Kier molecular flexibility index (Phi) is 7.37. The summed E-state index contributed by atoms with van der Waals surface area (Å²) in [5, 5.41) is 18.3. The van der Waals surface area contributed by atoms with Crippen LogP contribution < -0.4 is 10.9 Å². The van der Waals surface area contributed by atoms with Gasteiger partial charge in [-0.1, -0.05) is 17.7 Å². The van der Waals surface area contributed by atoms with E-state index in [1.165, 1.54) is 6.20 Å². The molecule has 0 spiro atoms. The van der Waals surface area contributed by atoms with Crippen LogP contribution in [0.15, 0.2) is 53.6 Å². The molecule has 0 saturated carbocycles. The van der Waals surface area contributed by atoms with Crippen LogP contribution in [0.25, 0.3) is 27.7 Å². The zero-order valence-corrected chi connectivity index (χ0v) is 22.1. The Morgan fingerprint density at radius 2 is 1.97 bits per heavy atom. The molecule has 0 aliphatic carbocycles. The number of fused-ring (bicyclic) bond motifs is 1. The van der Waals surface area contributed by atoms with Crippen LogP contribution in [-0.4, -0.2) is 50.9 Å². The molecular formula is C28H27ClF3N5O2. The molecule has 0 amide bonds. The second-order valence-corrected chi connectivity index (χ2v) is 10.5. The van der Waals surface area contributed by atoms with Gasteiger partial charge in [-0.25, -0.2) is 0 Å². The summed E-state index contributed by atoms with van der Waals surface area (Å²) in [6.07, 6.45) is 0.464. The number of pyridine rings is 1. The molecule has 2 aromatic carbocycles. The van der Waals surface area contributed by atoms with Crippen LogP contribution in [0, 0.1) is 6.92 Å². The number of halogens is 4. The molecule has 11 heteroatoms. The number of rotatable bonds is 6. The molecule has 0 bridgehead atoms. The van der Waals surface area contributed by atoms with Crippen molar-refractivity contribution in [2.75, 3.05) is 20.1 Å². The van der Waals surface area contributed by atoms with Crippen molar-refractivity contribution in [2.24, 2.45) is 0 Å². The third kappa shape index (κ3) is 5.78. The monoisotopic (exact) mass is 557 g/mol. The third-order valence-corrected chi connectivity index (χ3v) is 7.09. The third-order valence-electron chi connectivity index (χ3n) is 6.87. The van der Waals surface area contributed by atoms with Crippen molar-refractivity contribution in [1.82, 2.24) is 25.0 Å². The molecule has 5 rings (SSSR count). The Bertz CT molecular complexity index is 1580. The van der Waals surface area contributed by atoms with Crippen LogP contribution in [0.5, 0.6) is 5.75 Å². The van der Waals surface area contributed by atoms with Gasteiger partial charge in [-0.15, -0.1) is 0 Å². The zero-order valence-electron chi connectivity index (χ0n) is 21.4. The van der Waals surface area contributed by atoms with Crippen LogP contribution in [-0.2, 0) is 12.7 Å². The SMILES string of the molecule is Cc1cc(Cl)cc(-c2cnc3cnn(-c4cc(O)cc(C(F)(F)F)c4)c(=O)c3c2CN(C)C[C@@H]2CCCN2)c1. The Morgan fingerprint density at radius 1 is 1.18 bits per heavy atom. The maximum Gasteiger partial charge on any atom is 0.416 e. The van der Waals surface area contributed by atoms with Crippen LogP contribution in [0.1, 0.15) is 29.5 Å². The van der Waals surface area contributed by atoms with Crippen molar-refractivity contribution in [3.05, 3.63) is 80.9 Å². The van der Waals surface area contributed by atoms with Gasteiger partial charge in [-0.05, 0) is 74.3 Å². The van der Waals surface area contributed by atoms with Crippen LogP contribution in [0.4, 0.5) is 13.2 Å². The lowest BCUT2D eigenvalue weighted by Crippen LogP contribution is -2.35. The van der Waals surface area contributed by atoms with E-state index < -0.39 is 23.0 Å². The molecular weight excluding hydrogens is 531 g/mol. The highest BCUT2D eigenvalue weighted by Gasteiger charge is 2.32. The molecule has 1 aliphatic rings. The van der Waals surface area contributed by atoms with E-state index in [1.807, 2.05) is 26.1 Å². The molecule has 39 heavy (non-hydrogen) atoms. The largest absolute Gasteiger partial charge is 0.508 e. The number of hydrogen-bond donors (Lipinski definition) is 2. The first-order chi connectivity index (χ1) is 18.5. The Labute approximate surface area is 227 Å². The summed E-state index contributed by atoms with van der Waals surface area (Å²) < 4.78 is 41.2. The summed E-state index contributed by atoms with van der Waals surface area (Å²) in [6, 6.07) is 8.36. The normalized spacial score (nSPS) is 15.9. The number of nitrogens with one attached hydrogen (secondary N) is 1. The number of aryl methyl sites for hydroxylation is 1. The Hall–Kier alpha value is -3.47. The number of aromatic nitrogens is 3. The molecule has 1 atom stereocenters. The minimum atomic E-state index is -4.71. The van der Waals surface area contributed by atoms with E-state index in [0.717, 1.165) is 53.9 Å². The molecule has 0 unspecified atom stereocenters. The smallest absolute Gasteiger partial charge is 0.416 e. The first-order valence-corrected chi connectivity index (χ1v) is 12.9. The molecule has 1 fully saturated rings. The molecule has 0 radical (unpaired) electrons. The van der Waals surface area contributed by atoms with E-state index in [2.05, 4.69) is 20.3 Å². The van der Waals surface area contributed by atoms with E-state index in [-0.39, 0.29) is 11.1 Å². The van der Waals surface area contributed by atoms with Crippen molar-refractivity contribution in [3.8, 4) is 22.6 Å². The predicted octanol–water partition coefficient (Wildman–Crippen LogP) is 5.32. The van der Waals surface area contributed by atoms with Gasteiger partial charge in [-0.3, -0.25) is 9.78 Å². The van der Waals surface area contributed by atoms with Crippen molar-refractivity contribution in [2.45, 2.75) is 38.5 Å². The second kappa shape index (κ2) is 10.6. The molecule has 2 aromatic heterocycles. The fraction of sp³-hybridized carbons (Fsp3) is 0.321. The Morgan fingerprint density at radius 3 is 2.67 bits per heavy atom. The Balaban J connectivity index is 1.71. The van der Waals surface area contributed by atoms with Gasteiger partial charge in [-0.2, -0.15) is 23.0 Å². The van der Waals surface area contributed by atoms with Gasteiger partial charge in [0.15, 0.2) is 0 Å². The zero-order chi connectivity index (χ0) is 27.9. The topological polar surface area (TPSA) is 83.3 Å². The van der Waals surface area contributed by atoms with E-state index in [9.17, 15) is 23.1 Å². The molecule has 1 aliphatic heterocycles. The summed E-state index contributed by atoms with van der Waals surface area (Å²) in [5.41, 5.74) is 1.46. The van der Waals surface area contributed by atoms with Gasteiger partial charge in [0, 0.05) is 42.0 Å². The van der Waals surface area contributed by atoms with Crippen molar-refractivity contribution in [3.63, 3.8) is 0 Å². The van der Waals surface area contributed by atoms with Gasteiger partial charge in [0.05, 0.1) is 28.4 Å². The average molecular weight is 558 g/mol. The highest BCUT2D eigenvalue weighted by molar-refractivity contribution is 6.31. The molecule has 3 heterocycles. The summed E-state index contributed by atoms with van der Waals surface area (Å²) in [4.78, 5) is 20.5. The fourth-order valence-electron chi connectivity index (χ4n) is 5.17. The van der Waals surface area contributed by atoms with E-state index >= 15 is 0 Å². The lowest BCUT2D eigenvalue weighted by atomic mass is 9.97. The number of phenols is 1. The first-order valence-electron chi connectivity index (χ1n) is 12.5. The number of aromatic hydroxyl groups is 1. The van der Waals surface area contributed by atoms with Gasteiger partial charge in [0.25, 0.3) is 5.56 Å². The minimum absolute atomic E-state index is 0.201. The van der Waals surface area contributed by atoms with E-state index in [1.54, 1.807) is 12.3 Å². The maximum atomic E-state index is 13.9. The van der Waals surface area contributed by atoms with Gasteiger partial charge >= 0.3 is 6.18 Å². The van der Waals surface area contributed by atoms with Gasteiger partial charge in [0.1, 0.15) is 5.75 Å². The van der Waals surface area contributed by atoms with Crippen LogP contribution >= 0.6 is 11.6 Å². The van der Waals surface area contributed by atoms with Crippen LogP contribution in [0.3, 0.4) is 0 Å². The number of alkyl halides is 3. The van der Waals surface area contributed by atoms with E-state index in [4.69, 9.17) is 11.6 Å².